The van der Waals surface area contributed by atoms with Crippen LogP contribution in [0.2, 0.25) is 0 Å². The number of rotatable bonds is 3. The molecule has 5 heteroatoms. The highest BCUT2D eigenvalue weighted by Crippen LogP contribution is 2.41. The van der Waals surface area contributed by atoms with Crippen molar-refractivity contribution in [1.82, 2.24) is 8.75 Å². The Kier molecular flexibility index (Phi) is 4.49. The number of thiophene rings is 2. The minimum Gasteiger partial charge on any atom is -0.172 e. The van der Waals surface area contributed by atoms with E-state index in [4.69, 9.17) is 0 Å². The van der Waals surface area contributed by atoms with Crippen LogP contribution in [0.4, 0.5) is 0 Å². The quantitative estimate of drug-likeness (QED) is 0.355. The molecule has 3 heterocycles. The van der Waals surface area contributed by atoms with Gasteiger partial charge in [0.2, 0.25) is 0 Å². The summed E-state index contributed by atoms with van der Waals surface area (Å²) in [6, 6.07) is 13.3. The Labute approximate surface area is 166 Å². The van der Waals surface area contributed by atoms with Crippen LogP contribution in [-0.2, 0) is 5.41 Å². The van der Waals surface area contributed by atoms with E-state index in [2.05, 4.69) is 79.8 Å². The molecule has 0 atom stereocenters. The third-order valence-corrected chi connectivity index (χ3v) is 7.98. The highest BCUT2D eigenvalue weighted by Gasteiger charge is 2.19. The Bertz CT molecular complexity index is 1060. The first-order valence-corrected chi connectivity index (χ1v) is 11.2. The van der Waals surface area contributed by atoms with E-state index in [-0.39, 0.29) is 5.41 Å². The lowest BCUT2D eigenvalue weighted by molar-refractivity contribution is 0.604. The molecule has 0 fully saturated rings. The topological polar surface area (TPSA) is 25.8 Å². The molecule has 4 rings (SSSR count). The molecule has 134 valence electrons. The van der Waals surface area contributed by atoms with Crippen LogP contribution >= 0.6 is 34.4 Å². The van der Waals surface area contributed by atoms with Gasteiger partial charge in [-0.2, -0.15) is 8.75 Å². The Hall–Kier alpha value is -1.56. The summed E-state index contributed by atoms with van der Waals surface area (Å²) in [6.07, 6.45) is 0. The van der Waals surface area contributed by atoms with Crippen LogP contribution in [0.5, 0.6) is 0 Å². The molecule has 2 nitrogen and oxygen atoms in total. The molecular weight excluding hydrogens is 376 g/mol. The second kappa shape index (κ2) is 6.55. The van der Waals surface area contributed by atoms with Crippen molar-refractivity contribution < 1.29 is 0 Å². The van der Waals surface area contributed by atoms with Crippen molar-refractivity contribution in [2.45, 2.75) is 46.0 Å². The molecule has 1 aromatic carbocycles. The summed E-state index contributed by atoms with van der Waals surface area (Å²) in [5.41, 5.74) is 4.61. The average molecular weight is 399 g/mol. The maximum Gasteiger partial charge on any atom is 0.114 e. The maximum atomic E-state index is 4.64. The SMILES string of the molecule is CC(C)c1ccc(-c2ccc(-c3ccc(C(C)(C)C)s3)c3nsnc23)s1. The number of nitrogens with zero attached hydrogens (tertiary/aromatic N) is 2. The van der Waals surface area contributed by atoms with Crippen molar-refractivity contribution in [3.63, 3.8) is 0 Å². The summed E-state index contributed by atoms with van der Waals surface area (Å²) in [5, 5.41) is 0. The van der Waals surface area contributed by atoms with Crippen LogP contribution in [0.1, 0.15) is 50.3 Å². The fraction of sp³-hybridized carbons (Fsp3) is 0.333. The smallest absolute Gasteiger partial charge is 0.114 e. The van der Waals surface area contributed by atoms with Gasteiger partial charge in [0.05, 0.1) is 11.7 Å². The highest BCUT2D eigenvalue weighted by atomic mass is 32.1. The fourth-order valence-electron chi connectivity index (χ4n) is 2.96. The Morgan fingerprint density at radius 1 is 0.769 bits per heavy atom. The number of hydrogen-bond donors (Lipinski definition) is 0. The molecule has 0 unspecified atom stereocenters. The van der Waals surface area contributed by atoms with Gasteiger partial charge in [-0.3, -0.25) is 0 Å². The minimum absolute atomic E-state index is 0.173. The van der Waals surface area contributed by atoms with E-state index in [9.17, 15) is 0 Å². The van der Waals surface area contributed by atoms with E-state index in [1.165, 1.54) is 42.4 Å². The molecule has 0 aliphatic carbocycles. The van der Waals surface area contributed by atoms with Gasteiger partial charge in [0.25, 0.3) is 0 Å². The first-order chi connectivity index (χ1) is 12.3. The predicted molar refractivity (Wildman–Crippen MR) is 117 cm³/mol. The molecule has 0 aliphatic rings. The van der Waals surface area contributed by atoms with Gasteiger partial charge in [-0.25, -0.2) is 0 Å². The number of fused-ring (bicyclic) bond motifs is 1. The summed E-state index contributed by atoms with van der Waals surface area (Å²) in [4.78, 5) is 5.36. The summed E-state index contributed by atoms with van der Waals surface area (Å²) < 4.78 is 9.27. The van der Waals surface area contributed by atoms with Crippen LogP contribution < -0.4 is 0 Å². The minimum atomic E-state index is 0.173. The Morgan fingerprint density at radius 2 is 1.35 bits per heavy atom. The molecule has 0 bridgehead atoms. The van der Waals surface area contributed by atoms with Gasteiger partial charge in [0.1, 0.15) is 11.0 Å². The summed E-state index contributed by atoms with van der Waals surface area (Å²) in [5.74, 6) is 0.555. The van der Waals surface area contributed by atoms with E-state index in [0.717, 1.165) is 11.0 Å². The Morgan fingerprint density at radius 3 is 1.85 bits per heavy atom. The molecule has 0 radical (unpaired) electrons. The normalized spacial score (nSPS) is 12.4. The van der Waals surface area contributed by atoms with Gasteiger partial charge in [0.15, 0.2) is 0 Å². The largest absolute Gasteiger partial charge is 0.172 e. The predicted octanol–water partition coefficient (Wildman–Crippen LogP) is 7.57. The number of benzene rings is 1. The molecule has 3 aromatic heterocycles. The molecule has 0 N–H and O–H groups in total. The monoisotopic (exact) mass is 398 g/mol. The van der Waals surface area contributed by atoms with E-state index in [1.54, 1.807) is 0 Å². The zero-order valence-corrected chi connectivity index (χ0v) is 18.1. The molecule has 0 amide bonds. The number of hydrogen-bond acceptors (Lipinski definition) is 5. The first-order valence-electron chi connectivity index (χ1n) is 8.80. The summed E-state index contributed by atoms with van der Waals surface area (Å²) in [7, 11) is 0. The fourth-order valence-corrected chi connectivity index (χ4v) is 5.66. The van der Waals surface area contributed by atoms with Crippen molar-refractivity contribution in [2.24, 2.45) is 0 Å². The van der Waals surface area contributed by atoms with Crippen LogP contribution in [-0.4, -0.2) is 8.75 Å². The van der Waals surface area contributed by atoms with E-state index >= 15 is 0 Å². The molecule has 0 aliphatic heterocycles. The van der Waals surface area contributed by atoms with Crippen molar-refractivity contribution >= 4 is 45.4 Å². The number of aromatic nitrogens is 2. The summed E-state index contributed by atoms with van der Waals surface area (Å²) >= 11 is 5.03. The van der Waals surface area contributed by atoms with Crippen LogP contribution in [0, 0.1) is 0 Å². The van der Waals surface area contributed by atoms with Gasteiger partial charge in [-0.05, 0) is 35.6 Å². The van der Waals surface area contributed by atoms with Crippen molar-refractivity contribution in [1.29, 1.82) is 0 Å². The van der Waals surface area contributed by atoms with Gasteiger partial charge >= 0.3 is 0 Å². The lowest BCUT2D eigenvalue weighted by Gasteiger charge is -2.15. The first kappa shape index (κ1) is 17.8. The summed E-state index contributed by atoms with van der Waals surface area (Å²) in [6.45, 7) is 11.3. The molecule has 0 saturated heterocycles. The van der Waals surface area contributed by atoms with E-state index in [1.807, 2.05) is 22.7 Å². The van der Waals surface area contributed by atoms with Crippen molar-refractivity contribution in [2.75, 3.05) is 0 Å². The van der Waals surface area contributed by atoms with Gasteiger partial charge < -0.3 is 0 Å². The van der Waals surface area contributed by atoms with Crippen molar-refractivity contribution in [3.8, 4) is 20.9 Å². The zero-order chi connectivity index (χ0) is 18.5. The third-order valence-electron chi connectivity index (χ3n) is 4.49. The molecule has 0 saturated carbocycles. The van der Waals surface area contributed by atoms with Crippen LogP contribution in [0.3, 0.4) is 0 Å². The lowest BCUT2D eigenvalue weighted by Crippen LogP contribution is -2.07. The molecule has 4 aromatic rings. The highest BCUT2D eigenvalue weighted by molar-refractivity contribution is 7.16. The Balaban J connectivity index is 1.82. The maximum absolute atomic E-state index is 4.64. The standard InChI is InChI=1S/C21H22N2S3/c1-12(2)15-8-9-16(24-15)13-6-7-14(20-19(13)22-26-23-20)17-10-11-18(25-17)21(3,4)5/h6-12H,1-5H3. The third kappa shape index (κ3) is 3.13. The zero-order valence-electron chi connectivity index (χ0n) is 15.7. The van der Waals surface area contributed by atoms with Crippen LogP contribution in [0.15, 0.2) is 36.4 Å². The van der Waals surface area contributed by atoms with Crippen LogP contribution in [0.25, 0.3) is 31.9 Å². The van der Waals surface area contributed by atoms with Gasteiger partial charge in [-0.1, -0.05) is 46.8 Å². The second-order valence-electron chi connectivity index (χ2n) is 7.89. The lowest BCUT2D eigenvalue weighted by atomic mass is 9.95. The molecule has 26 heavy (non-hydrogen) atoms. The molecular formula is C21H22N2S3. The van der Waals surface area contributed by atoms with Gasteiger partial charge in [0, 0.05) is 30.6 Å². The molecule has 0 spiro atoms. The van der Waals surface area contributed by atoms with E-state index < -0.39 is 0 Å². The average Bonchev–Trinajstić information content (AvgIpc) is 3.32. The van der Waals surface area contributed by atoms with Gasteiger partial charge in [-0.15, -0.1) is 22.7 Å². The van der Waals surface area contributed by atoms with Crippen molar-refractivity contribution in [3.05, 3.63) is 46.2 Å². The van der Waals surface area contributed by atoms with E-state index in [0.29, 0.717) is 5.92 Å². The second-order valence-corrected chi connectivity index (χ2v) is 10.6.